The SMILES string of the molecule is C=CCO[C@H]1O[C@H](COCc2ccccc2)[C@@H](OCc2ccccc2)[C@H](OCc2ccccc2)[C@@H]1O[C@@H]1O[C@H](COC(C)=O)[C@@H](OC(C)=O)[C@H](OC(C)=O)[C@H]1N1C(=O)COCC1=O. The van der Waals surface area contributed by atoms with Crippen LogP contribution >= 0.6 is 0 Å². The second-order valence-electron chi connectivity index (χ2n) is 14.9. The van der Waals surface area contributed by atoms with Gasteiger partial charge in [-0.05, 0) is 16.7 Å². The molecule has 0 aromatic heterocycles. The van der Waals surface area contributed by atoms with Crippen molar-refractivity contribution in [3.8, 4) is 0 Å². The van der Waals surface area contributed by atoms with Crippen LogP contribution in [0.5, 0.6) is 0 Å². The molecular weight excluding hydrogens is 822 g/mol. The highest BCUT2D eigenvalue weighted by Crippen LogP contribution is 2.37. The summed E-state index contributed by atoms with van der Waals surface area (Å²) >= 11 is 0. The molecule has 17 heteroatoms. The Morgan fingerprint density at radius 2 is 1.13 bits per heavy atom. The Balaban J connectivity index is 1.45. The topological polar surface area (TPSA) is 190 Å². The Morgan fingerprint density at radius 3 is 1.67 bits per heavy atom. The number of rotatable bonds is 20. The lowest BCUT2D eigenvalue weighted by Crippen LogP contribution is -2.71. The van der Waals surface area contributed by atoms with Gasteiger partial charge in [0, 0.05) is 20.8 Å². The molecule has 0 bridgehead atoms. The van der Waals surface area contributed by atoms with Crippen LogP contribution in [0.3, 0.4) is 0 Å². The molecule has 3 fully saturated rings. The molecule has 3 aliphatic heterocycles. The highest BCUT2D eigenvalue weighted by molar-refractivity contribution is 5.98. The van der Waals surface area contributed by atoms with Gasteiger partial charge in [0.05, 0.1) is 33.0 Å². The van der Waals surface area contributed by atoms with Crippen LogP contribution in [-0.4, -0.2) is 129 Å². The van der Waals surface area contributed by atoms with E-state index in [9.17, 15) is 24.0 Å². The van der Waals surface area contributed by atoms with Crippen LogP contribution in [-0.2, 0) is 95.9 Å². The largest absolute Gasteiger partial charge is 0.463 e. The minimum Gasteiger partial charge on any atom is -0.463 e. The first-order valence-corrected chi connectivity index (χ1v) is 20.5. The zero-order valence-electron chi connectivity index (χ0n) is 35.4. The molecular formula is C46H53NO16. The quantitative estimate of drug-likeness (QED) is 0.0692. The minimum absolute atomic E-state index is 0.0165. The Kier molecular flexibility index (Phi) is 17.5. The van der Waals surface area contributed by atoms with Crippen LogP contribution in [0.1, 0.15) is 37.5 Å². The van der Waals surface area contributed by atoms with Crippen molar-refractivity contribution in [2.24, 2.45) is 0 Å². The van der Waals surface area contributed by atoms with Crippen molar-refractivity contribution in [3.05, 3.63) is 120 Å². The molecule has 0 radical (unpaired) electrons. The van der Waals surface area contributed by atoms with E-state index in [1.54, 1.807) is 0 Å². The summed E-state index contributed by atoms with van der Waals surface area (Å²) in [7, 11) is 0. The van der Waals surface area contributed by atoms with Crippen LogP contribution < -0.4 is 0 Å². The average molecular weight is 876 g/mol. The molecule has 3 aliphatic rings. The molecule has 3 aromatic rings. The monoisotopic (exact) mass is 875 g/mol. The second kappa shape index (κ2) is 23.4. The fourth-order valence-electron chi connectivity index (χ4n) is 7.51. The second-order valence-corrected chi connectivity index (χ2v) is 14.9. The van der Waals surface area contributed by atoms with E-state index in [2.05, 4.69) is 6.58 Å². The average Bonchev–Trinajstić information content (AvgIpc) is 3.26. The summed E-state index contributed by atoms with van der Waals surface area (Å²) in [6, 6.07) is 26.8. The lowest BCUT2D eigenvalue weighted by atomic mass is 9.93. The fraction of sp³-hybridized carbons (Fsp3) is 0.457. The molecule has 63 heavy (non-hydrogen) atoms. The molecule has 3 aromatic carbocycles. The van der Waals surface area contributed by atoms with Crippen molar-refractivity contribution in [3.63, 3.8) is 0 Å². The Bertz CT molecular complexity index is 1950. The smallest absolute Gasteiger partial charge is 0.303 e. The summed E-state index contributed by atoms with van der Waals surface area (Å²) in [6.45, 7) is 6.06. The van der Waals surface area contributed by atoms with Gasteiger partial charge in [-0.2, -0.15) is 0 Å². The minimum atomic E-state index is -1.71. The van der Waals surface area contributed by atoms with Gasteiger partial charge in [-0.25, -0.2) is 0 Å². The maximum absolute atomic E-state index is 13.7. The third kappa shape index (κ3) is 13.1. The van der Waals surface area contributed by atoms with Crippen molar-refractivity contribution >= 4 is 29.7 Å². The van der Waals surface area contributed by atoms with Gasteiger partial charge in [0.25, 0.3) is 11.8 Å². The van der Waals surface area contributed by atoms with E-state index in [4.69, 9.17) is 52.1 Å². The van der Waals surface area contributed by atoms with Crippen LogP contribution in [0.4, 0.5) is 0 Å². The van der Waals surface area contributed by atoms with Gasteiger partial charge in [0.2, 0.25) is 0 Å². The van der Waals surface area contributed by atoms with Crippen molar-refractivity contribution in [1.29, 1.82) is 0 Å². The summed E-state index contributed by atoms with van der Waals surface area (Å²) in [5.41, 5.74) is 2.58. The molecule has 0 N–H and O–H groups in total. The Labute approximate surface area is 365 Å². The van der Waals surface area contributed by atoms with Gasteiger partial charge in [-0.15, -0.1) is 6.58 Å². The van der Waals surface area contributed by atoms with E-state index < -0.39 is 111 Å². The van der Waals surface area contributed by atoms with E-state index in [0.717, 1.165) is 35.4 Å². The summed E-state index contributed by atoms with van der Waals surface area (Å²) in [5, 5.41) is 0. The number of amides is 2. The van der Waals surface area contributed by atoms with E-state index in [1.165, 1.54) is 13.0 Å². The predicted molar refractivity (Wildman–Crippen MR) is 219 cm³/mol. The molecule has 0 spiro atoms. The molecule has 3 heterocycles. The lowest BCUT2D eigenvalue weighted by Gasteiger charge is -2.51. The Hall–Kier alpha value is -5.37. The zero-order chi connectivity index (χ0) is 44.7. The van der Waals surface area contributed by atoms with Gasteiger partial charge in [0.1, 0.15) is 56.4 Å². The van der Waals surface area contributed by atoms with Crippen LogP contribution in [0.2, 0.25) is 0 Å². The molecule has 17 nitrogen and oxygen atoms in total. The van der Waals surface area contributed by atoms with Crippen LogP contribution in [0.25, 0.3) is 0 Å². The summed E-state index contributed by atoms with van der Waals surface area (Å²) in [6.07, 6.45) is -10.1. The van der Waals surface area contributed by atoms with Gasteiger partial charge >= 0.3 is 17.9 Å². The number of benzene rings is 3. The van der Waals surface area contributed by atoms with E-state index in [0.29, 0.717) is 0 Å². The van der Waals surface area contributed by atoms with Crippen molar-refractivity contribution in [2.75, 3.05) is 33.0 Å². The van der Waals surface area contributed by atoms with Crippen molar-refractivity contribution < 1.29 is 76.1 Å². The van der Waals surface area contributed by atoms with Crippen molar-refractivity contribution in [2.45, 2.75) is 102 Å². The van der Waals surface area contributed by atoms with E-state index in [-0.39, 0.29) is 33.0 Å². The maximum Gasteiger partial charge on any atom is 0.303 e. The number of hydrogen-bond acceptors (Lipinski definition) is 16. The first kappa shape index (κ1) is 47.1. The normalized spacial score (nSPS) is 27.3. The fourth-order valence-corrected chi connectivity index (χ4v) is 7.51. The van der Waals surface area contributed by atoms with Crippen LogP contribution in [0.15, 0.2) is 104 Å². The summed E-state index contributed by atoms with van der Waals surface area (Å²) in [4.78, 5) is 65.7. The van der Waals surface area contributed by atoms with Crippen LogP contribution in [0, 0.1) is 0 Å². The first-order valence-electron chi connectivity index (χ1n) is 20.5. The Morgan fingerprint density at radius 1 is 0.619 bits per heavy atom. The highest BCUT2D eigenvalue weighted by Gasteiger charge is 2.58. The molecule has 338 valence electrons. The number of carbonyl (C=O) groups excluding carboxylic acids is 5. The number of hydrogen-bond donors (Lipinski definition) is 0. The van der Waals surface area contributed by atoms with E-state index in [1.807, 2.05) is 91.0 Å². The molecule has 3 saturated heterocycles. The van der Waals surface area contributed by atoms with Gasteiger partial charge in [0.15, 0.2) is 24.8 Å². The number of ether oxygens (including phenoxy) is 11. The molecule has 0 unspecified atom stereocenters. The number of imide groups is 1. The summed E-state index contributed by atoms with van der Waals surface area (Å²) < 4.78 is 68.1. The summed E-state index contributed by atoms with van der Waals surface area (Å²) in [5.74, 6) is -4.01. The number of carbonyl (C=O) groups is 5. The molecule has 0 aliphatic carbocycles. The highest BCUT2D eigenvalue weighted by atomic mass is 16.8. The number of morpholine rings is 1. The third-order valence-corrected chi connectivity index (χ3v) is 10.2. The first-order chi connectivity index (χ1) is 30.5. The lowest BCUT2D eigenvalue weighted by molar-refractivity contribution is -0.367. The molecule has 6 rings (SSSR count). The number of esters is 3. The predicted octanol–water partition coefficient (Wildman–Crippen LogP) is 3.59. The number of nitrogens with zero attached hydrogens (tertiary/aromatic N) is 1. The van der Waals surface area contributed by atoms with Crippen molar-refractivity contribution in [1.82, 2.24) is 4.90 Å². The molecule has 0 saturated carbocycles. The van der Waals surface area contributed by atoms with Gasteiger partial charge < -0.3 is 52.1 Å². The molecule has 10 atom stereocenters. The van der Waals surface area contributed by atoms with Gasteiger partial charge in [-0.3, -0.25) is 28.9 Å². The standard InChI is InChI=1S/C46H53NO16/c1-5-21-55-46-44(63-45-39(47-37(51)27-54-28-38(47)52)42(60-31(4)50)41(59-30(3)49)36(61-45)26-56-29(2)48)43(58-24-34-19-13-8-14-20-34)40(57-23-33-17-11-7-12-18-33)35(62-46)25-53-22-32-15-9-6-10-16-32/h5-20,35-36,39-46H,1,21-28H2,2-4H3/t35-,36-,39-,40-,41-,42-,43+,44+,45+,46+/m1/s1. The molecule has 2 amide bonds. The maximum atomic E-state index is 13.7. The van der Waals surface area contributed by atoms with Gasteiger partial charge in [-0.1, -0.05) is 97.1 Å². The van der Waals surface area contributed by atoms with E-state index >= 15 is 0 Å². The zero-order valence-corrected chi connectivity index (χ0v) is 35.4. The third-order valence-electron chi connectivity index (χ3n) is 10.2.